The van der Waals surface area contributed by atoms with Crippen molar-refractivity contribution in [3.05, 3.63) is 41.1 Å². The Balaban J connectivity index is 2.23. The molecule has 3 rings (SSSR count). The molecular formula is C16H14ClF2N3O4S. The number of halogens is 3. The highest BCUT2D eigenvalue weighted by atomic mass is 35.5. The number of rotatable bonds is 3. The van der Waals surface area contributed by atoms with E-state index in [1.54, 1.807) is 0 Å². The zero-order valence-electron chi connectivity index (χ0n) is 14.4. The Hall–Kier alpha value is -2.46. The van der Waals surface area contributed by atoms with Crippen molar-refractivity contribution in [2.75, 3.05) is 15.9 Å². The van der Waals surface area contributed by atoms with Crippen LogP contribution in [-0.4, -0.2) is 31.2 Å². The molecule has 0 spiro atoms. The number of sulfonamides is 1. The first-order chi connectivity index (χ1) is 12.4. The number of carbonyl (C=O) groups is 1. The van der Waals surface area contributed by atoms with Gasteiger partial charge in [0.15, 0.2) is 23.1 Å². The Morgan fingerprint density at radius 2 is 1.89 bits per heavy atom. The Kier molecular flexibility index (Phi) is 4.51. The molecule has 1 aliphatic rings. The van der Waals surface area contributed by atoms with Crippen LogP contribution in [0.4, 0.5) is 26.0 Å². The average molecular weight is 418 g/mol. The topological polar surface area (TPSA) is 88.6 Å². The number of fused-ring (bicyclic) bond motifs is 1. The number of aromatic nitrogens is 1. The maximum atomic E-state index is 14.8. The SMILES string of the molecule is CC1(C)Oc2cc(NS(C)(=O)=O)cc(F)c2N(c2ncc(Cl)cc2F)C1=O. The van der Waals surface area contributed by atoms with Gasteiger partial charge < -0.3 is 4.74 Å². The quantitative estimate of drug-likeness (QED) is 0.828. The molecule has 0 saturated heterocycles. The summed E-state index contributed by atoms with van der Waals surface area (Å²) in [6.45, 7) is 2.82. The molecule has 27 heavy (non-hydrogen) atoms. The molecule has 11 heteroatoms. The van der Waals surface area contributed by atoms with Gasteiger partial charge in [0.1, 0.15) is 11.4 Å². The molecular weight excluding hydrogens is 404 g/mol. The predicted octanol–water partition coefficient (Wildman–Crippen LogP) is 3.22. The number of amides is 1. The summed E-state index contributed by atoms with van der Waals surface area (Å²) in [6.07, 6.45) is 2.02. The van der Waals surface area contributed by atoms with E-state index in [1.165, 1.54) is 19.9 Å². The first-order valence-electron chi connectivity index (χ1n) is 7.55. The zero-order valence-corrected chi connectivity index (χ0v) is 16.0. The summed E-state index contributed by atoms with van der Waals surface area (Å²) < 4.78 is 59.7. The Labute approximate surface area is 159 Å². The largest absolute Gasteiger partial charge is 0.476 e. The van der Waals surface area contributed by atoms with Gasteiger partial charge in [-0.25, -0.2) is 22.2 Å². The summed E-state index contributed by atoms with van der Waals surface area (Å²) in [5, 5.41) is 0.00427. The zero-order chi connectivity index (χ0) is 20.1. The van der Waals surface area contributed by atoms with Gasteiger partial charge in [0.05, 0.1) is 17.0 Å². The van der Waals surface area contributed by atoms with Crippen molar-refractivity contribution in [3.63, 3.8) is 0 Å². The van der Waals surface area contributed by atoms with Crippen LogP contribution in [-0.2, 0) is 14.8 Å². The van der Waals surface area contributed by atoms with Crippen LogP contribution >= 0.6 is 11.6 Å². The van der Waals surface area contributed by atoms with Crippen LogP contribution in [0.3, 0.4) is 0 Å². The third kappa shape index (κ3) is 3.67. The number of hydrogen-bond acceptors (Lipinski definition) is 5. The van der Waals surface area contributed by atoms with E-state index >= 15 is 0 Å². The van der Waals surface area contributed by atoms with E-state index < -0.39 is 39.0 Å². The van der Waals surface area contributed by atoms with Crippen LogP contribution < -0.4 is 14.4 Å². The summed E-state index contributed by atoms with van der Waals surface area (Å²) in [4.78, 5) is 17.4. The summed E-state index contributed by atoms with van der Waals surface area (Å²) >= 11 is 5.69. The Bertz CT molecular complexity index is 1060. The lowest BCUT2D eigenvalue weighted by atomic mass is 10.0. The minimum absolute atomic E-state index is 0.00427. The van der Waals surface area contributed by atoms with Gasteiger partial charge in [0, 0.05) is 18.3 Å². The first kappa shape index (κ1) is 19.3. The van der Waals surface area contributed by atoms with Crippen molar-refractivity contribution in [3.8, 4) is 5.75 Å². The number of benzene rings is 1. The maximum absolute atomic E-state index is 14.8. The van der Waals surface area contributed by atoms with Gasteiger partial charge >= 0.3 is 0 Å². The summed E-state index contributed by atoms with van der Waals surface area (Å²) in [5.41, 5.74) is -1.98. The second-order valence-electron chi connectivity index (χ2n) is 6.39. The van der Waals surface area contributed by atoms with Crippen molar-refractivity contribution in [2.24, 2.45) is 0 Å². The molecule has 0 aliphatic carbocycles. The number of carbonyl (C=O) groups excluding carboxylic acids is 1. The fourth-order valence-electron chi connectivity index (χ4n) is 2.60. The lowest BCUT2D eigenvalue weighted by Crippen LogP contribution is -2.51. The molecule has 2 heterocycles. The Morgan fingerprint density at radius 1 is 1.22 bits per heavy atom. The second-order valence-corrected chi connectivity index (χ2v) is 8.58. The third-order valence-electron chi connectivity index (χ3n) is 3.64. The summed E-state index contributed by atoms with van der Waals surface area (Å²) in [5.74, 6) is -3.30. The van der Waals surface area contributed by atoms with E-state index in [9.17, 15) is 22.0 Å². The molecule has 7 nitrogen and oxygen atoms in total. The van der Waals surface area contributed by atoms with Crippen LogP contribution in [0.25, 0.3) is 0 Å². The molecule has 144 valence electrons. The van der Waals surface area contributed by atoms with Crippen LogP contribution in [0.15, 0.2) is 24.4 Å². The van der Waals surface area contributed by atoms with E-state index in [-0.39, 0.29) is 22.1 Å². The van der Waals surface area contributed by atoms with Crippen molar-refractivity contribution in [2.45, 2.75) is 19.4 Å². The highest BCUT2D eigenvalue weighted by molar-refractivity contribution is 7.92. The highest BCUT2D eigenvalue weighted by Crippen LogP contribution is 2.45. The smallest absolute Gasteiger partial charge is 0.276 e. The summed E-state index contributed by atoms with van der Waals surface area (Å²) in [6, 6.07) is 3.00. The lowest BCUT2D eigenvalue weighted by Gasteiger charge is -2.38. The number of hydrogen-bond donors (Lipinski definition) is 1. The molecule has 0 fully saturated rings. The van der Waals surface area contributed by atoms with Crippen molar-refractivity contribution >= 4 is 44.7 Å². The molecule has 0 radical (unpaired) electrons. The molecule has 1 aromatic heterocycles. The minimum atomic E-state index is -3.68. The fourth-order valence-corrected chi connectivity index (χ4v) is 3.30. The van der Waals surface area contributed by atoms with Crippen LogP contribution in [0.2, 0.25) is 5.02 Å². The molecule has 0 saturated carbocycles. The van der Waals surface area contributed by atoms with E-state index in [0.29, 0.717) is 0 Å². The van der Waals surface area contributed by atoms with Crippen molar-refractivity contribution < 1.29 is 26.7 Å². The molecule has 2 aromatic rings. The molecule has 1 amide bonds. The first-order valence-corrected chi connectivity index (χ1v) is 9.82. The van der Waals surface area contributed by atoms with Crippen molar-refractivity contribution in [1.29, 1.82) is 0 Å². The van der Waals surface area contributed by atoms with E-state index in [4.69, 9.17) is 16.3 Å². The van der Waals surface area contributed by atoms with Gasteiger partial charge in [-0.1, -0.05) is 11.6 Å². The van der Waals surface area contributed by atoms with Gasteiger partial charge in [0.25, 0.3) is 5.91 Å². The van der Waals surface area contributed by atoms with Gasteiger partial charge in [-0.15, -0.1) is 0 Å². The van der Waals surface area contributed by atoms with E-state index in [0.717, 1.165) is 29.5 Å². The number of nitrogens with one attached hydrogen (secondary N) is 1. The number of nitrogens with zero attached hydrogens (tertiary/aromatic N) is 2. The number of anilines is 3. The van der Waals surface area contributed by atoms with Gasteiger partial charge in [0.2, 0.25) is 10.0 Å². The molecule has 1 aliphatic heterocycles. The lowest BCUT2D eigenvalue weighted by molar-refractivity contribution is -0.131. The fraction of sp³-hybridized carbons (Fsp3) is 0.250. The van der Waals surface area contributed by atoms with E-state index in [2.05, 4.69) is 9.71 Å². The molecule has 1 aromatic carbocycles. The normalized spacial score (nSPS) is 15.9. The molecule has 1 N–H and O–H groups in total. The number of pyridine rings is 1. The van der Waals surface area contributed by atoms with Crippen molar-refractivity contribution in [1.82, 2.24) is 4.98 Å². The third-order valence-corrected chi connectivity index (χ3v) is 4.45. The number of ether oxygens (including phenoxy) is 1. The highest BCUT2D eigenvalue weighted by Gasteiger charge is 2.44. The van der Waals surface area contributed by atoms with Crippen LogP contribution in [0.1, 0.15) is 13.8 Å². The second kappa shape index (κ2) is 6.31. The van der Waals surface area contributed by atoms with Crippen LogP contribution in [0.5, 0.6) is 5.75 Å². The van der Waals surface area contributed by atoms with Gasteiger partial charge in [-0.3, -0.25) is 14.4 Å². The van der Waals surface area contributed by atoms with E-state index in [1.807, 2.05) is 0 Å². The molecule has 0 atom stereocenters. The maximum Gasteiger partial charge on any atom is 0.276 e. The monoisotopic (exact) mass is 417 g/mol. The van der Waals surface area contributed by atoms with Gasteiger partial charge in [-0.05, 0) is 19.9 Å². The minimum Gasteiger partial charge on any atom is -0.476 e. The predicted molar refractivity (Wildman–Crippen MR) is 95.9 cm³/mol. The standard InChI is InChI=1S/C16H14ClF2N3O4S/c1-16(2)15(23)22(14-11(19)4-8(17)7-20-14)13-10(18)5-9(6-12(13)26-16)21-27(3,24)25/h4-7,21H,1-3H3. The average Bonchev–Trinajstić information content (AvgIpc) is 2.48. The van der Waals surface area contributed by atoms with Gasteiger partial charge in [-0.2, -0.15) is 0 Å². The Morgan fingerprint density at radius 3 is 2.48 bits per heavy atom. The van der Waals surface area contributed by atoms with Crippen LogP contribution in [0, 0.1) is 11.6 Å². The summed E-state index contributed by atoms with van der Waals surface area (Å²) in [7, 11) is -3.68. The molecule has 0 unspecified atom stereocenters. The molecule has 0 bridgehead atoms.